The molecule has 0 saturated carbocycles. The number of rotatable bonds is 2. The molecular weight excluding hydrogens is 184 g/mol. The zero-order valence-corrected chi connectivity index (χ0v) is 7.78. The SMILES string of the molecule is COc1ccc2c(c1C=O)OCCO2. The molecule has 0 amide bonds. The number of hydrogen-bond acceptors (Lipinski definition) is 4. The van der Waals surface area contributed by atoms with E-state index in [4.69, 9.17) is 14.2 Å². The molecule has 74 valence electrons. The van der Waals surface area contributed by atoms with Crippen LogP contribution in [0.1, 0.15) is 10.4 Å². The van der Waals surface area contributed by atoms with Crippen LogP contribution in [0, 0.1) is 0 Å². The molecule has 4 nitrogen and oxygen atoms in total. The van der Waals surface area contributed by atoms with Crippen molar-refractivity contribution < 1.29 is 19.0 Å². The van der Waals surface area contributed by atoms with Crippen molar-refractivity contribution in [1.29, 1.82) is 0 Å². The molecule has 14 heavy (non-hydrogen) atoms. The molecule has 0 spiro atoms. The van der Waals surface area contributed by atoms with E-state index < -0.39 is 0 Å². The molecule has 1 aliphatic heterocycles. The Morgan fingerprint density at radius 3 is 2.86 bits per heavy atom. The van der Waals surface area contributed by atoms with Gasteiger partial charge in [0.1, 0.15) is 24.5 Å². The Morgan fingerprint density at radius 1 is 1.36 bits per heavy atom. The highest BCUT2D eigenvalue weighted by Crippen LogP contribution is 2.37. The standard InChI is InChI=1S/C10H10O4/c1-12-8-2-3-9-10(7(8)6-11)14-5-4-13-9/h2-3,6H,4-5H2,1H3. The van der Waals surface area contributed by atoms with Gasteiger partial charge in [0.15, 0.2) is 17.8 Å². The topological polar surface area (TPSA) is 44.8 Å². The fourth-order valence-electron chi connectivity index (χ4n) is 1.41. The molecule has 2 rings (SSSR count). The van der Waals surface area contributed by atoms with E-state index in [-0.39, 0.29) is 0 Å². The maximum absolute atomic E-state index is 10.8. The molecule has 0 fully saturated rings. The highest BCUT2D eigenvalue weighted by molar-refractivity contribution is 5.85. The molecule has 0 saturated heterocycles. The fourth-order valence-corrected chi connectivity index (χ4v) is 1.41. The second-order valence-corrected chi connectivity index (χ2v) is 2.82. The van der Waals surface area contributed by atoms with Crippen molar-refractivity contribution in [3.63, 3.8) is 0 Å². The Balaban J connectivity index is 2.55. The molecule has 0 radical (unpaired) electrons. The minimum Gasteiger partial charge on any atom is -0.496 e. The van der Waals surface area contributed by atoms with Crippen molar-refractivity contribution >= 4 is 6.29 Å². The van der Waals surface area contributed by atoms with Gasteiger partial charge < -0.3 is 14.2 Å². The van der Waals surface area contributed by atoms with Gasteiger partial charge in [0, 0.05) is 0 Å². The lowest BCUT2D eigenvalue weighted by Crippen LogP contribution is -2.16. The van der Waals surface area contributed by atoms with Crippen LogP contribution < -0.4 is 14.2 Å². The quantitative estimate of drug-likeness (QED) is 0.665. The van der Waals surface area contributed by atoms with Gasteiger partial charge in [-0.05, 0) is 12.1 Å². The van der Waals surface area contributed by atoms with Crippen molar-refractivity contribution in [3.8, 4) is 17.2 Å². The lowest BCUT2D eigenvalue weighted by Gasteiger charge is -2.20. The van der Waals surface area contributed by atoms with Crippen LogP contribution in [0.3, 0.4) is 0 Å². The smallest absolute Gasteiger partial charge is 0.175 e. The van der Waals surface area contributed by atoms with E-state index >= 15 is 0 Å². The molecule has 4 heteroatoms. The zero-order valence-electron chi connectivity index (χ0n) is 7.78. The second kappa shape index (κ2) is 3.57. The first-order valence-electron chi connectivity index (χ1n) is 4.28. The van der Waals surface area contributed by atoms with Crippen molar-refractivity contribution in [3.05, 3.63) is 17.7 Å². The minimum absolute atomic E-state index is 0.407. The Morgan fingerprint density at radius 2 is 2.14 bits per heavy atom. The Bertz CT molecular complexity index is 359. The summed E-state index contributed by atoms with van der Waals surface area (Å²) < 4.78 is 15.7. The molecule has 1 aromatic rings. The van der Waals surface area contributed by atoms with Crippen molar-refractivity contribution in [2.75, 3.05) is 20.3 Å². The molecular formula is C10H10O4. The van der Waals surface area contributed by atoms with Gasteiger partial charge in [0.2, 0.25) is 0 Å². The van der Waals surface area contributed by atoms with Crippen LogP contribution in [0.5, 0.6) is 17.2 Å². The third-order valence-electron chi connectivity index (χ3n) is 2.05. The van der Waals surface area contributed by atoms with E-state index in [1.807, 2.05) is 0 Å². The predicted octanol–water partition coefficient (Wildman–Crippen LogP) is 1.28. The van der Waals surface area contributed by atoms with Gasteiger partial charge in [-0.1, -0.05) is 0 Å². The van der Waals surface area contributed by atoms with Crippen LogP contribution in [0.25, 0.3) is 0 Å². The maximum atomic E-state index is 10.8. The van der Waals surface area contributed by atoms with E-state index in [0.29, 0.717) is 42.3 Å². The molecule has 0 aliphatic carbocycles. The van der Waals surface area contributed by atoms with Gasteiger partial charge in [0.05, 0.1) is 7.11 Å². The third kappa shape index (κ3) is 1.28. The monoisotopic (exact) mass is 194 g/mol. The highest BCUT2D eigenvalue weighted by Gasteiger charge is 2.19. The second-order valence-electron chi connectivity index (χ2n) is 2.82. The predicted molar refractivity (Wildman–Crippen MR) is 49.4 cm³/mol. The summed E-state index contributed by atoms with van der Waals surface area (Å²) in [6.45, 7) is 0.971. The van der Waals surface area contributed by atoms with Crippen LogP contribution in [-0.4, -0.2) is 26.6 Å². The number of methoxy groups -OCH3 is 1. The Labute approximate surface area is 81.4 Å². The molecule has 0 aromatic heterocycles. The average molecular weight is 194 g/mol. The molecule has 1 aromatic carbocycles. The summed E-state index contributed by atoms with van der Waals surface area (Å²) in [5, 5.41) is 0. The first-order valence-corrected chi connectivity index (χ1v) is 4.28. The van der Waals surface area contributed by atoms with E-state index in [1.54, 1.807) is 12.1 Å². The van der Waals surface area contributed by atoms with Gasteiger partial charge in [0.25, 0.3) is 0 Å². The summed E-state index contributed by atoms with van der Waals surface area (Å²) in [6, 6.07) is 3.43. The zero-order chi connectivity index (χ0) is 9.97. The number of hydrogen-bond donors (Lipinski definition) is 0. The Kier molecular flexibility index (Phi) is 2.26. The summed E-state index contributed by atoms with van der Waals surface area (Å²) in [5.41, 5.74) is 0.407. The first-order chi connectivity index (χ1) is 6.86. The number of benzene rings is 1. The normalized spacial score (nSPS) is 13.5. The molecule has 0 atom stereocenters. The van der Waals surface area contributed by atoms with Crippen LogP contribution in [0.2, 0.25) is 0 Å². The maximum Gasteiger partial charge on any atom is 0.175 e. The van der Waals surface area contributed by atoms with Gasteiger partial charge >= 0.3 is 0 Å². The molecule has 1 aliphatic rings. The average Bonchev–Trinajstić information content (AvgIpc) is 2.27. The van der Waals surface area contributed by atoms with Gasteiger partial charge in [-0.2, -0.15) is 0 Å². The highest BCUT2D eigenvalue weighted by atomic mass is 16.6. The molecule has 0 bridgehead atoms. The lowest BCUT2D eigenvalue weighted by atomic mass is 10.1. The van der Waals surface area contributed by atoms with Gasteiger partial charge in [-0.15, -0.1) is 0 Å². The summed E-state index contributed by atoms with van der Waals surface area (Å²) >= 11 is 0. The van der Waals surface area contributed by atoms with E-state index in [0.717, 1.165) is 0 Å². The van der Waals surface area contributed by atoms with E-state index in [1.165, 1.54) is 7.11 Å². The summed E-state index contributed by atoms with van der Waals surface area (Å²) in [5.74, 6) is 1.58. The Hall–Kier alpha value is -1.71. The molecule has 0 unspecified atom stereocenters. The van der Waals surface area contributed by atoms with Crippen molar-refractivity contribution in [2.24, 2.45) is 0 Å². The number of carbonyl (C=O) groups excluding carboxylic acids is 1. The van der Waals surface area contributed by atoms with E-state index in [2.05, 4.69) is 0 Å². The molecule has 1 heterocycles. The summed E-state index contributed by atoms with van der Waals surface area (Å²) in [7, 11) is 1.51. The number of carbonyl (C=O) groups is 1. The number of aldehydes is 1. The lowest BCUT2D eigenvalue weighted by molar-refractivity contribution is 0.110. The van der Waals surface area contributed by atoms with Crippen LogP contribution in [0.4, 0.5) is 0 Å². The van der Waals surface area contributed by atoms with Crippen molar-refractivity contribution in [2.45, 2.75) is 0 Å². The third-order valence-corrected chi connectivity index (χ3v) is 2.05. The van der Waals surface area contributed by atoms with E-state index in [9.17, 15) is 4.79 Å². The number of ether oxygens (including phenoxy) is 3. The fraction of sp³-hybridized carbons (Fsp3) is 0.300. The van der Waals surface area contributed by atoms with Gasteiger partial charge in [-0.3, -0.25) is 4.79 Å². The molecule has 0 N–H and O–H groups in total. The largest absolute Gasteiger partial charge is 0.496 e. The number of fused-ring (bicyclic) bond motifs is 1. The van der Waals surface area contributed by atoms with Gasteiger partial charge in [-0.25, -0.2) is 0 Å². The summed E-state index contributed by atoms with van der Waals surface area (Å²) in [4.78, 5) is 10.8. The summed E-state index contributed by atoms with van der Waals surface area (Å²) in [6.07, 6.45) is 0.715. The van der Waals surface area contributed by atoms with Crippen LogP contribution >= 0.6 is 0 Å². The van der Waals surface area contributed by atoms with Crippen LogP contribution in [-0.2, 0) is 0 Å². The van der Waals surface area contributed by atoms with Crippen LogP contribution in [0.15, 0.2) is 12.1 Å². The first kappa shape index (κ1) is 8.87. The van der Waals surface area contributed by atoms with Crippen molar-refractivity contribution in [1.82, 2.24) is 0 Å². The minimum atomic E-state index is 0.407.